The van der Waals surface area contributed by atoms with Gasteiger partial charge in [-0.15, -0.1) is 0 Å². The summed E-state index contributed by atoms with van der Waals surface area (Å²) in [6, 6.07) is 0. The Morgan fingerprint density at radius 3 is 2.33 bits per heavy atom. The van der Waals surface area contributed by atoms with E-state index in [-0.39, 0.29) is 0 Å². The van der Waals surface area contributed by atoms with E-state index in [1.54, 1.807) is 0 Å². The number of aliphatic imine (C=N–C) groups is 1. The highest BCUT2D eigenvalue weighted by molar-refractivity contribution is 5.80. The lowest BCUT2D eigenvalue weighted by atomic mass is 10.2. The van der Waals surface area contributed by atoms with Gasteiger partial charge in [-0.05, 0) is 33.6 Å². The third kappa shape index (κ3) is 7.52. The summed E-state index contributed by atoms with van der Waals surface area (Å²) in [5.74, 6) is 0. The van der Waals surface area contributed by atoms with E-state index in [1.165, 1.54) is 25.7 Å². The molecule has 0 amide bonds. The number of hydrogen-bond donors (Lipinski definition) is 0. The molecule has 0 saturated carbocycles. The maximum Gasteiger partial charge on any atom is 0.0331 e. The molecule has 0 fully saturated rings. The predicted molar refractivity (Wildman–Crippen MR) is 56.7 cm³/mol. The van der Waals surface area contributed by atoms with Gasteiger partial charge in [0.25, 0.3) is 0 Å². The van der Waals surface area contributed by atoms with E-state index in [2.05, 4.69) is 24.9 Å². The van der Waals surface area contributed by atoms with Crippen LogP contribution in [-0.2, 0) is 0 Å². The molecule has 0 aliphatic rings. The van der Waals surface area contributed by atoms with Crippen molar-refractivity contribution in [2.45, 2.75) is 53.4 Å². The summed E-state index contributed by atoms with van der Waals surface area (Å²) in [5, 5.41) is 0. The molecule has 1 heteroatoms. The van der Waals surface area contributed by atoms with E-state index >= 15 is 0 Å². The minimum atomic E-state index is 1.14. The molecule has 0 N–H and O–H groups in total. The number of nitrogens with zero attached hydrogens (tertiary/aromatic N) is 1. The van der Waals surface area contributed by atoms with Gasteiger partial charge in [0.05, 0.1) is 0 Å². The second kappa shape index (κ2) is 7.08. The molecule has 0 spiro atoms. The van der Waals surface area contributed by atoms with Gasteiger partial charge in [0.15, 0.2) is 0 Å². The molecule has 0 aromatic carbocycles. The molecule has 1 nitrogen and oxygen atoms in total. The van der Waals surface area contributed by atoms with Gasteiger partial charge < -0.3 is 0 Å². The Morgan fingerprint density at radius 1 is 1.17 bits per heavy atom. The van der Waals surface area contributed by atoms with Crippen molar-refractivity contribution < 1.29 is 0 Å². The third-order valence-electron chi connectivity index (χ3n) is 1.65. The molecule has 0 unspecified atom stereocenters. The molecule has 0 radical (unpaired) electrons. The number of hydrogen-bond acceptors (Lipinski definition) is 1. The van der Waals surface area contributed by atoms with Crippen LogP contribution in [0.1, 0.15) is 53.4 Å². The van der Waals surface area contributed by atoms with Crippen LogP contribution in [0.5, 0.6) is 0 Å². The molecule has 70 valence electrons. The molecule has 0 bridgehead atoms. The Hall–Kier alpha value is -0.590. The fourth-order valence-corrected chi connectivity index (χ4v) is 1.10. The highest BCUT2D eigenvalue weighted by Crippen LogP contribution is 2.04. The van der Waals surface area contributed by atoms with Crippen molar-refractivity contribution in [3.8, 4) is 0 Å². The van der Waals surface area contributed by atoms with Crippen molar-refractivity contribution in [3.05, 3.63) is 11.8 Å². The van der Waals surface area contributed by atoms with E-state index in [4.69, 9.17) is 0 Å². The second-order valence-electron chi connectivity index (χ2n) is 3.40. The molecule has 0 aromatic heterocycles. The summed E-state index contributed by atoms with van der Waals surface area (Å²) < 4.78 is 0. The van der Waals surface area contributed by atoms with Crippen molar-refractivity contribution >= 4 is 5.71 Å². The molecule has 0 saturated heterocycles. The summed E-state index contributed by atoms with van der Waals surface area (Å²) in [5.41, 5.74) is 2.30. The van der Waals surface area contributed by atoms with Crippen LogP contribution in [0.3, 0.4) is 0 Å². The molecular weight excluding hydrogens is 146 g/mol. The van der Waals surface area contributed by atoms with Crippen molar-refractivity contribution in [3.63, 3.8) is 0 Å². The number of allylic oxidation sites excluding steroid dienone is 2. The summed E-state index contributed by atoms with van der Waals surface area (Å²) in [4.78, 5) is 4.35. The summed E-state index contributed by atoms with van der Waals surface area (Å²) in [6.45, 7) is 8.36. The lowest BCUT2D eigenvalue weighted by Crippen LogP contribution is -1.81. The quantitative estimate of drug-likeness (QED) is 0.434. The minimum Gasteiger partial charge on any atom is -0.263 e. The summed E-state index contributed by atoms with van der Waals surface area (Å²) in [6.07, 6.45) is 7.33. The largest absolute Gasteiger partial charge is 0.263 e. The lowest BCUT2D eigenvalue weighted by molar-refractivity contribution is 0.727. The van der Waals surface area contributed by atoms with E-state index in [9.17, 15) is 0 Å². The first kappa shape index (κ1) is 11.4. The van der Waals surface area contributed by atoms with Crippen LogP contribution >= 0.6 is 0 Å². The monoisotopic (exact) mass is 167 g/mol. The molecule has 0 atom stereocenters. The van der Waals surface area contributed by atoms with E-state index in [0.29, 0.717) is 0 Å². The van der Waals surface area contributed by atoms with Crippen molar-refractivity contribution in [2.75, 3.05) is 0 Å². The van der Waals surface area contributed by atoms with Crippen LogP contribution in [0.2, 0.25) is 0 Å². The Kier molecular flexibility index (Phi) is 6.73. The molecule has 0 aromatic rings. The van der Waals surface area contributed by atoms with Crippen molar-refractivity contribution in [1.82, 2.24) is 0 Å². The van der Waals surface area contributed by atoms with Gasteiger partial charge in [-0.2, -0.15) is 0 Å². The predicted octanol–water partition coefficient (Wildman–Crippen LogP) is 3.95. The molecule has 0 rings (SSSR count). The van der Waals surface area contributed by atoms with Crippen molar-refractivity contribution in [1.29, 1.82) is 0 Å². The average Bonchev–Trinajstić information content (AvgIpc) is 1.97. The van der Waals surface area contributed by atoms with Gasteiger partial charge in [0.2, 0.25) is 0 Å². The van der Waals surface area contributed by atoms with Gasteiger partial charge in [0.1, 0.15) is 0 Å². The van der Waals surface area contributed by atoms with Gasteiger partial charge in [-0.3, -0.25) is 4.99 Å². The molecule has 0 aliphatic carbocycles. The minimum absolute atomic E-state index is 1.14. The summed E-state index contributed by atoms with van der Waals surface area (Å²) >= 11 is 0. The standard InChI is InChI=1S/C11H21N/c1-5-6-7-8-9-11(4)12-10(2)3/h9H,5-8H2,1-4H3/b11-9-. The van der Waals surface area contributed by atoms with Crippen LogP contribution in [0.4, 0.5) is 0 Å². The molecular formula is C11H21N. The SMILES string of the molecule is CCCCC/C=C(/C)N=C(C)C. The van der Waals surface area contributed by atoms with E-state index in [1.807, 2.05) is 13.8 Å². The average molecular weight is 167 g/mol. The smallest absolute Gasteiger partial charge is 0.0331 e. The Labute approximate surface area is 76.6 Å². The van der Waals surface area contributed by atoms with Gasteiger partial charge in [0, 0.05) is 11.4 Å². The maximum atomic E-state index is 4.35. The first-order valence-corrected chi connectivity index (χ1v) is 4.85. The van der Waals surface area contributed by atoms with Crippen LogP contribution in [0.25, 0.3) is 0 Å². The highest BCUT2D eigenvalue weighted by Gasteiger charge is 1.86. The molecule has 0 heterocycles. The maximum absolute atomic E-state index is 4.35. The van der Waals surface area contributed by atoms with E-state index in [0.717, 1.165) is 11.4 Å². The van der Waals surface area contributed by atoms with Crippen LogP contribution in [0.15, 0.2) is 16.8 Å². The van der Waals surface area contributed by atoms with Gasteiger partial charge in [-0.25, -0.2) is 0 Å². The van der Waals surface area contributed by atoms with Crippen LogP contribution in [0, 0.1) is 0 Å². The Balaban J connectivity index is 3.62. The van der Waals surface area contributed by atoms with Crippen LogP contribution in [-0.4, -0.2) is 5.71 Å². The summed E-state index contributed by atoms with van der Waals surface area (Å²) in [7, 11) is 0. The topological polar surface area (TPSA) is 12.4 Å². The van der Waals surface area contributed by atoms with Crippen LogP contribution < -0.4 is 0 Å². The first-order valence-electron chi connectivity index (χ1n) is 4.85. The second-order valence-corrected chi connectivity index (χ2v) is 3.40. The van der Waals surface area contributed by atoms with Gasteiger partial charge in [-0.1, -0.05) is 25.8 Å². The zero-order valence-electron chi connectivity index (χ0n) is 8.85. The highest BCUT2D eigenvalue weighted by atomic mass is 14.7. The van der Waals surface area contributed by atoms with Crippen molar-refractivity contribution in [2.24, 2.45) is 4.99 Å². The number of unbranched alkanes of at least 4 members (excludes halogenated alkanes) is 3. The fourth-order valence-electron chi connectivity index (χ4n) is 1.10. The normalized spacial score (nSPS) is 11.5. The lowest BCUT2D eigenvalue weighted by Gasteiger charge is -1.95. The fraction of sp³-hybridized carbons (Fsp3) is 0.727. The third-order valence-corrected chi connectivity index (χ3v) is 1.65. The molecule has 12 heavy (non-hydrogen) atoms. The van der Waals surface area contributed by atoms with Gasteiger partial charge >= 0.3 is 0 Å². The zero-order chi connectivity index (χ0) is 9.40. The Morgan fingerprint density at radius 2 is 1.83 bits per heavy atom. The zero-order valence-corrected chi connectivity index (χ0v) is 8.85. The first-order chi connectivity index (χ1) is 5.66. The van der Waals surface area contributed by atoms with E-state index < -0.39 is 0 Å². The Bertz CT molecular complexity index is 162. The number of rotatable bonds is 5. The molecule has 0 aliphatic heterocycles.